The van der Waals surface area contributed by atoms with E-state index in [4.69, 9.17) is 0 Å². The number of carbonyl (C=O) groups excluding carboxylic acids is 1. The molecule has 3 rings (SSSR count). The predicted octanol–water partition coefficient (Wildman–Crippen LogP) is 2.01. The number of nitrogens with one attached hydrogen (secondary N) is 2. The van der Waals surface area contributed by atoms with E-state index in [0.29, 0.717) is 0 Å². The molecular weight excluding hydrogens is 266 g/mol. The lowest BCUT2D eigenvalue weighted by atomic mass is 10.2. The summed E-state index contributed by atoms with van der Waals surface area (Å²) in [5.41, 5.74) is 1.16. The molecule has 3 heterocycles. The lowest BCUT2D eigenvalue weighted by Gasteiger charge is -2.19. The summed E-state index contributed by atoms with van der Waals surface area (Å²) in [6.45, 7) is 1.88. The van der Waals surface area contributed by atoms with Gasteiger partial charge in [0.1, 0.15) is 0 Å². The largest absolute Gasteiger partial charge is 0.311 e. The van der Waals surface area contributed by atoms with Crippen LogP contribution in [-0.2, 0) is 17.8 Å². The van der Waals surface area contributed by atoms with Gasteiger partial charge in [-0.3, -0.25) is 4.79 Å². The molecule has 1 fully saturated rings. The zero-order valence-electron chi connectivity index (χ0n) is 10.2. The smallest absolute Gasteiger partial charge is 0.239 e. The van der Waals surface area contributed by atoms with E-state index in [1.54, 1.807) is 23.1 Å². The zero-order valence-corrected chi connectivity index (χ0v) is 11.8. The standard InChI is InChI=1S/C12H17N3OS2/c16-11(9-3-1-2-6-17-9)15-12-14-8-4-5-13-7-10(8)18-12/h9,13H,1-7H2,(H,14,15,16). The van der Waals surface area contributed by atoms with E-state index >= 15 is 0 Å². The molecule has 1 amide bonds. The highest BCUT2D eigenvalue weighted by Gasteiger charge is 2.23. The first-order valence-corrected chi connectivity index (χ1v) is 8.31. The van der Waals surface area contributed by atoms with Crippen molar-refractivity contribution in [1.29, 1.82) is 0 Å². The predicted molar refractivity (Wildman–Crippen MR) is 76.3 cm³/mol. The van der Waals surface area contributed by atoms with Crippen LogP contribution in [0.5, 0.6) is 0 Å². The summed E-state index contributed by atoms with van der Waals surface area (Å²) in [7, 11) is 0. The Kier molecular flexibility index (Phi) is 3.86. The second-order valence-electron chi connectivity index (χ2n) is 4.66. The Morgan fingerprint density at radius 1 is 1.44 bits per heavy atom. The molecule has 0 radical (unpaired) electrons. The van der Waals surface area contributed by atoms with Gasteiger partial charge in [-0.15, -0.1) is 23.1 Å². The van der Waals surface area contributed by atoms with Crippen molar-refractivity contribution in [2.45, 2.75) is 37.5 Å². The van der Waals surface area contributed by atoms with E-state index in [1.807, 2.05) is 0 Å². The van der Waals surface area contributed by atoms with E-state index in [9.17, 15) is 4.79 Å². The van der Waals surface area contributed by atoms with E-state index in [0.717, 1.165) is 42.5 Å². The fourth-order valence-electron chi connectivity index (χ4n) is 2.31. The Morgan fingerprint density at radius 3 is 3.17 bits per heavy atom. The minimum atomic E-state index is 0.123. The molecule has 6 heteroatoms. The minimum absolute atomic E-state index is 0.123. The van der Waals surface area contributed by atoms with Crippen LogP contribution in [-0.4, -0.2) is 28.4 Å². The fourth-order valence-corrected chi connectivity index (χ4v) is 4.49. The van der Waals surface area contributed by atoms with Crippen LogP contribution < -0.4 is 10.6 Å². The quantitative estimate of drug-likeness (QED) is 0.872. The lowest BCUT2D eigenvalue weighted by molar-refractivity contribution is -0.115. The van der Waals surface area contributed by atoms with Gasteiger partial charge >= 0.3 is 0 Å². The third-order valence-electron chi connectivity index (χ3n) is 3.30. The topological polar surface area (TPSA) is 54.0 Å². The molecule has 1 aromatic rings. The molecule has 0 bridgehead atoms. The van der Waals surface area contributed by atoms with Gasteiger partial charge in [-0.25, -0.2) is 4.98 Å². The van der Waals surface area contributed by atoms with Gasteiger partial charge in [-0.2, -0.15) is 0 Å². The summed E-state index contributed by atoms with van der Waals surface area (Å²) in [6.07, 6.45) is 4.39. The first kappa shape index (κ1) is 12.4. The Labute approximate surface area is 115 Å². The highest BCUT2D eigenvalue weighted by Crippen LogP contribution is 2.29. The van der Waals surface area contributed by atoms with E-state index in [-0.39, 0.29) is 11.2 Å². The Morgan fingerprint density at radius 2 is 2.39 bits per heavy atom. The highest BCUT2D eigenvalue weighted by molar-refractivity contribution is 8.00. The zero-order chi connectivity index (χ0) is 12.4. The summed E-state index contributed by atoms with van der Waals surface area (Å²) in [6, 6.07) is 0. The number of fused-ring (bicyclic) bond motifs is 1. The van der Waals surface area contributed by atoms with Gasteiger partial charge in [0.2, 0.25) is 5.91 Å². The number of aromatic nitrogens is 1. The van der Waals surface area contributed by atoms with Crippen molar-refractivity contribution < 1.29 is 4.79 Å². The number of thioether (sulfide) groups is 1. The number of thiazole rings is 1. The molecule has 98 valence electrons. The Balaban J connectivity index is 1.64. The normalized spacial score (nSPS) is 23.4. The summed E-state index contributed by atoms with van der Waals surface area (Å²) in [5, 5.41) is 7.21. The molecule has 2 N–H and O–H groups in total. The van der Waals surface area contributed by atoms with Crippen LogP contribution in [0.1, 0.15) is 29.8 Å². The third-order valence-corrected chi connectivity index (χ3v) is 5.69. The molecule has 1 aromatic heterocycles. The molecule has 1 atom stereocenters. The van der Waals surface area contributed by atoms with Crippen LogP contribution in [0.2, 0.25) is 0 Å². The average Bonchev–Trinajstić information content (AvgIpc) is 2.82. The molecule has 1 unspecified atom stereocenters. The highest BCUT2D eigenvalue weighted by atomic mass is 32.2. The van der Waals surface area contributed by atoms with Crippen LogP contribution in [0.25, 0.3) is 0 Å². The number of nitrogens with zero attached hydrogens (tertiary/aromatic N) is 1. The maximum Gasteiger partial charge on any atom is 0.239 e. The first-order valence-electron chi connectivity index (χ1n) is 6.45. The van der Waals surface area contributed by atoms with Gasteiger partial charge in [0, 0.05) is 24.4 Å². The van der Waals surface area contributed by atoms with Crippen LogP contribution in [0.3, 0.4) is 0 Å². The maximum absolute atomic E-state index is 12.1. The van der Waals surface area contributed by atoms with Gasteiger partial charge in [0.05, 0.1) is 10.9 Å². The van der Waals surface area contributed by atoms with Crippen LogP contribution in [0.4, 0.5) is 5.13 Å². The summed E-state index contributed by atoms with van der Waals surface area (Å²) in [5.74, 6) is 1.25. The number of rotatable bonds is 2. The van der Waals surface area contributed by atoms with Crippen molar-refractivity contribution in [1.82, 2.24) is 10.3 Å². The molecule has 0 aliphatic carbocycles. The van der Waals surface area contributed by atoms with Crippen molar-refractivity contribution in [2.75, 3.05) is 17.6 Å². The van der Waals surface area contributed by atoms with Crippen LogP contribution >= 0.6 is 23.1 Å². The molecule has 0 aromatic carbocycles. The van der Waals surface area contributed by atoms with E-state index in [1.165, 1.54) is 17.7 Å². The molecular formula is C12H17N3OS2. The van der Waals surface area contributed by atoms with E-state index in [2.05, 4.69) is 15.6 Å². The average molecular weight is 283 g/mol. The van der Waals surface area contributed by atoms with Gasteiger partial charge in [0.15, 0.2) is 5.13 Å². The maximum atomic E-state index is 12.1. The number of hydrogen-bond donors (Lipinski definition) is 2. The molecule has 4 nitrogen and oxygen atoms in total. The fraction of sp³-hybridized carbons (Fsp3) is 0.667. The summed E-state index contributed by atoms with van der Waals surface area (Å²) >= 11 is 3.39. The molecule has 0 spiro atoms. The van der Waals surface area contributed by atoms with Crippen molar-refractivity contribution >= 4 is 34.1 Å². The van der Waals surface area contributed by atoms with Gasteiger partial charge in [-0.05, 0) is 18.6 Å². The molecule has 1 saturated heterocycles. The third kappa shape index (κ3) is 2.70. The van der Waals surface area contributed by atoms with Gasteiger partial charge in [-0.1, -0.05) is 6.42 Å². The Bertz CT molecular complexity index is 417. The molecule has 2 aliphatic rings. The van der Waals surface area contributed by atoms with Crippen molar-refractivity contribution in [3.63, 3.8) is 0 Å². The molecule has 18 heavy (non-hydrogen) atoms. The summed E-state index contributed by atoms with van der Waals surface area (Å²) < 4.78 is 0. The van der Waals surface area contributed by atoms with Gasteiger partial charge < -0.3 is 10.6 Å². The second kappa shape index (κ2) is 5.59. The van der Waals surface area contributed by atoms with Crippen molar-refractivity contribution in [3.8, 4) is 0 Å². The monoisotopic (exact) mass is 283 g/mol. The van der Waals surface area contributed by atoms with Gasteiger partial charge in [0.25, 0.3) is 0 Å². The van der Waals surface area contributed by atoms with Crippen molar-refractivity contribution in [2.24, 2.45) is 0 Å². The van der Waals surface area contributed by atoms with Crippen LogP contribution in [0.15, 0.2) is 0 Å². The Hall–Kier alpha value is -0.590. The van der Waals surface area contributed by atoms with E-state index < -0.39 is 0 Å². The molecule has 2 aliphatic heterocycles. The summed E-state index contributed by atoms with van der Waals surface area (Å²) in [4.78, 5) is 17.9. The number of hydrogen-bond acceptors (Lipinski definition) is 5. The number of carbonyl (C=O) groups is 1. The first-order chi connectivity index (χ1) is 8.83. The molecule has 0 saturated carbocycles. The van der Waals surface area contributed by atoms with Crippen LogP contribution in [0, 0.1) is 0 Å². The van der Waals surface area contributed by atoms with Crippen molar-refractivity contribution in [3.05, 3.63) is 10.6 Å². The minimum Gasteiger partial charge on any atom is -0.311 e. The number of anilines is 1. The lowest BCUT2D eigenvalue weighted by Crippen LogP contribution is -2.27. The number of amides is 1. The second-order valence-corrected chi connectivity index (χ2v) is 7.05. The SMILES string of the molecule is O=C(Nc1nc2c(s1)CNCC2)C1CCCCS1.